The van der Waals surface area contributed by atoms with E-state index in [4.69, 9.17) is 0 Å². The van der Waals surface area contributed by atoms with Gasteiger partial charge in [-0.05, 0) is 0 Å². The van der Waals surface area contributed by atoms with Gasteiger partial charge in [0.15, 0.2) is 0 Å². The molecule has 0 aromatic carbocycles. The van der Waals surface area contributed by atoms with Crippen LogP contribution in [0.4, 0.5) is 0 Å². The van der Waals surface area contributed by atoms with E-state index in [2.05, 4.69) is 40.5 Å². The topological polar surface area (TPSA) is 25.1 Å². The molecule has 86 valence electrons. The van der Waals surface area contributed by atoms with Crippen molar-refractivity contribution in [3.8, 4) is 0 Å². The fourth-order valence-electron chi connectivity index (χ4n) is 2.04. The van der Waals surface area contributed by atoms with Crippen molar-refractivity contribution >= 4 is 11.9 Å². The molecule has 0 aromatic rings. The van der Waals surface area contributed by atoms with Crippen molar-refractivity contribution in [3.05, 3.63) is 0 Å². The van der Waals surface area contributed by atoms with Gasteiger partial charge in [-0.15, -0.1) is 0 Å². The summed E-state index contributed by atoms with van der Waals surface area (Å²) in [5.41, 5.74) is 0. The smallest absolute Gasteiger partial charge is 0.336 e. The minimum atomic E-state index is 0.964. The maximum Gasteiger partial charge on any atom is 0.357 e. The van der Waals surface area contributed by atoms with Gasteiger partial charge in [0.05, 0.1) is 34.2 Å². The number of guanidine groups is 2. The average molecular weight is 212 g/mol. The van der Waals surface area contributed by atoms with Crippen LogP contribution in [0.3, 0.4) is 0 Å². The van der Waals surface area contributed by atoms with Gasteiger partial charge in [0.1, 0.15) is 0 Å². The summed E-state index contributed by atoms with van der Waals surface area (Å²) >= 11 is 0. The summed E-state index contributed by atoms with van der Waals surface area (Å²) in [4.78, 5) is 10.7. The highest BCUT2D eigenvalue weighted by molar-refractivity contribution is 5.96. The van der Waals surface area contributed by atoms with Crippen molar-refractivity contribution in [2.24, 2.45) is 4.99 Å². The molecule has 5 heteroatoms. The van der Waals surface area contributed by atoms with Crippen molar-refractivity contribution in [3.63, 3.8) is 0 Å². The van der Waals surface area contributed by atoms with E-state index in [1.54, 1.807) is 0 Å². The van der Waals surface area contributed by atoms with Gasteiger partial charge in [0, 0.05) is 21.1 Å². The second kappa shape index (κ2) is 4.51. The standard InChI is InChI=1S/C10H22N5/c1-11-9(12(2)3)15(6)10-13(4)7-8-14(10)5/h7-8H2,1-6H3/q+1. The minimum absolute atomic E-state index is 0.964. The largest absolute Gasteiger partial charge is 0.357 e. The lowest BCUT2D eigenvalue weighted by molar-refractivity contribution is -0.490. The van der Waals surface area contributed by atoms with Crippen molar-refractivity contribution in [2.45, 2.75) is 0 Å². The van der Waals surface area contributed by atoms with Crippen LogP contribution in [0, 0.1) is 0 Å². The molecule has 0 spiro atoms. The van der Waals surface area contributed by atoms with E-state index in [1.807, 2.05) is 26.0 Å². The Labute approximate surface area is 92.3 Å². The van der Waals surface area contributed by atoms with Gasteiger partial charge in [-0.25, -0.2) is 9.89 Å². The van der Waals surface area contributed by atoms with Crippen LogP contribution in [-0.4, -0.2) is 86.6 Å². The average Bonchev–Trinajstić information content (AvgIpc) is 2.46. The molecule has 1 rings (SSSR count). The quantitative estimate of drug-likeness (QED) is 0.305. The third-order valence-corrected chi connectivity index (χ3v) is 2.65. The Kier molecular flexibility index (Phi) is 3.55. The zero-order chi connectivity index (χ0) is 11.6. The summed E-state index contributed by atoms with van der Waals surface area (Å²) in [7, 11) is 12.1. The second-order valence-electron chi connectivity index (χ2n) is 4.12. The highest BCUT2D eigenvalue weighted by Gasteiger charge is 2.31. The molecule has 0 atom stereocenters. The lowest BCUT2D eigenvalue weighted by atomic mass is 10.6. The molecule has 0 N–H and O–H groups in total. The predicted octanol–water partition coefficient (Wildman–Crippen LogP) is -0.591. The highest BCUT2D eigenvalue weighted by Crippen LogP contribution is 2.03. The molecule has 0 saturated carbocycles. The summed E-state index contributed by atoms with van der Waals surface area (Å²) < 4.78 is 2.24. The van der Waals surface area contributed by atoms with E-state index >= 15 is 0 Å². The van der Waals surface area contributed by atoms with E-state index in [0.29, 0.717) is 0 Å². The molecule has 1 aliphatic rings. The number of aliphatic imine (C=N–C) groups is 1. The number of nitrogens with zero attached hydrogens (tertiary/aromatic N) is 5. The van der Waals surface area contributed by atoms with Gasteiger partial charge in [-0.2, -0.15) is 0 Å². The lowest BCUT2D eigenvalue weighted by Gasteiger charge is -2.23. The van der Waals surface area contributed by atoms with Crippen LogP contribution in [0.1, 0.15) is 0 Å². The third kappa shape index (κ3) is 2.22. The van der Waals surface area contributed by atoms with Crippen LogP contribution >= 0.6 is 0 Å². The lowest BCUT2D eigenvalue weighted by Crippen LogP contribution is -2.48. The van der Waals surface area contributed by atoms with Crippen molar-refractivity contribution < 1.29 is 4.58 Å². The Morgan fingerprint density at radius 1 is 1.40 bits per heavy atom. The fourth-order valence-corrected chi connectivity index (χ4v) is 2.04. The summed E-state index contributed by atoms with van der Waals surface area (Å²) in [6.45, 7) is 2.14. The van der Waals surface area contributed by atoms with E-state index in [0.717, 1.165) is 19.0 Å². The van der Waals surface area contributed by atoms with Crippen LogP contribution in [-0.2, 0) is 0 Å². The minimum Gasteiger partial charge on any atom is -0.336 e. The maximum absolute atomic E-state index is 4.30. The Hall–Kier alpha value is -1.26. The summed E-state index contributed by atoms with van der Waals surface area (Å²) in [6, 6.07) is 0. The Morgan fingerprint density at radius 3 is 2.33 bits per heavy atom. The Balaban J connectivity index is 2.93. The zero-order valence-corrected chi connectivity index (χ0v) is 10.7. The van der Waals surface area contributed by atoms with E-state index in [1.165, 1.54) is 5.96 Å². The van der Waals surface area contributed by atoms with Gasteiger partial charge in [-0.1, -0.05) is 0 Å². The fraction of sp³-hybridized carbons (Fsp3) is 0.800. The summed E-state index contributed by atoms with van der Waals surface area (Å²) in [5.74, 6) is 2.16. The van der Waals surface area contributed by atoms with E-state index < -0.39 is 0 Å². The first-order valence-corrected chi connectivity index (χ1v) is 5.16. The molecule has 0 unspecified atom stereocenters. The normalized spacial score (nSPS) is 17.5. The van der Waals surface area contributed by atoms with Crippen LogP contribution in [0.15, 0.2) is 4.99 Å². The SMILES string of the molecule is CN=C(N(C)C)N(C)C1=[N+](C)CCN1C. The molecule has 0 aromatic heterocycles. The molecular weight excluding hydrogens is 190 g/mol. The zero-order valence-electron chi connectivity index (χ0n) is 10.7. The van der Waals surface area contributed by atoms with E-state index in [-0.39, 0.29) is 0 Å². The second-order valence-corrected chi connectivity index (χ2v) is 4.12. The van der Waals surface area contributed by atoms with Gasteiger partial charge in [0.25, 0.3) is 5.96 Å². The number of hydrogen-bond donors (Lipinski definition) is 0. The van der Waals surface area contributed by atoms with Crippen LogP contribution < -0.4 is 0 Å². The van der Waals surface area contributed by atoms with E-state index in [9.17, 15) is 0 Å². The molecule has 0 bridgehead atoms. The van der Waals surface area contributed by atoms with Crippen LogP contribution in [0.25, 0.3) is 0 Å². The Morgan fingerprint density at radius 2 is 2.00 bits per heavy atom. The van der Waals surface area contributed by atoms with Gasteiger partial charge >= 0.3 is 5.96 Å². The predicted molar refractivity (Wildman–Crippen MR) is 63.5 cm³/mol. The summed E-state index contributed by atoms with van der Waals surface area (Å²) in [5, 5.41) is 0. The van der Waals surface area contributed by atoms with Crippen LogP contribution in [0.2, 0.25) is 0 Å². The van der Waals surface area contributed by atoms with Crippen molar-refractivity contribution in [1.29, 1.82) is 0 Å². The molecule has 0 aliphatic carbocycles. The monoisotopic (exact) mass is 212 g/mol. The first-order chi connectivity index (χ1) is 6.99. The molecule has 1 heterocycles. The van der Waals surface area contributed by atoms with Gasteiger partial charge in [0.2, 0.25) is 0 Å². The third-order valence-electron chi connectivity index (χ3n) is 2.65. The van der Waals surface area contributed by atoms with Gasteiger partial charge in [-0.3, -0.25) is 9.48 Å². The molecule has 0 amide bonds. The molecular formula is C10H22N5+. The van der Waals surface area contributed by atoms with Crippen molar-refractivity contribution in [1.82, 2.24) is 14.7 Å². The first-order valence-electron chi connectivity index (χ1n) is 5.16. The van der Waals surface area contributed by atoms with Gasteiger partial charge < -0.3 is 4.90 Å². The van der Waals surface area contributed by atoms with Crippen LogP contribution in [0.5, 0.6) is 0 Å². The molecule has 0 saturated heterocycles. The highest BCUT2D eigenvalue weighted by atomic mass is 15.5. The number of rotatable bonds is 0. The van der Waals surface area contributed by atoms with Crippen molar-refractivity contribution in [2.75, 3.05) is 55.4 Å². The Bertz CT molecular complexity index is 292. The number of likely N-dealkylation sites (N-methyl/N-ethyl adjacent to an activating group) is 2. The molecule has 0 radical (unpaired) electrons. The molecule has 15 heavy (non-hydrogen) atoms. The number of hydrogen-bond acceptors (Lipinski definition) is 2. The molecule has 5 nitrogen and oxygen atoms in total. The first kappa shape index (κ1) is 11.8. The maximum atomic E-state index is 4.30. The molecule has 0 fully saturated rings. The molecule has 1 aliphatic heterocycles. The summed E-state index contributed by atoms with van der Waals surface area (Å²) in [6.07, 6.45) is 0.